The fourth-order valence-electron chi connectivity index (χ4n) is 3.90. The number of carbonyl (C=O) groups is 1. The first-order valence-corrected chi connectivity index (χ1v) is 14.0. The van der Waals surface area contributed by atoms with E-state index in [1.807, 2.05) is 0 Å². The van der Waals surface area contributed by atoms with Gasteiger partial charge in [-0.3, -0.25) is 9.36 Å². The summed E-state index contributed by atoms with van der Waals surface area (Å²) in [6.07, 6.45) is -1.87. The van der Waals surface area contributed by atoms with E-state index in [4.69, 9.17) is 21.1 Å². The third-order valence-electron chi connectivity index (χ3n) is 5.44. The standard InChI is InChI=1S/C26H18Br2ClF3N2O4S/c1-3-9-38-21-16(27)10-13(11-17(21)28)12-18-23(35)34-20(14-5-7-15(29)8-6-14)19(24(36)37-4-2)22(26(30,31)32)33-25(34)39-18/h3,5-8,10-12,20H,1,4,9H2,2H3/b18-12-/t20-/m1/s1. The number of aromatic nitrogens is 1. The number of carbonyl (C=O) groups excluding carboxylic acids is 1. The number of alkyl halides is 3. The fourth-order valence-corrected chi connectivity index (χ4v) is 6.47. The molecule has 13 heteroatoms. The zero-order chi connectivity index (χ0) is 28.5. The number of ether oxygens (including phenoxy) is 2. The van der Waals surface area contributed by atoms with Crippen LogP contribution in [0.2, 0.25) is 5.02 Å². The zero-order valence-corrected chi connectivity index (χ0v) is 24.8. The maximum absolute atomic E-state index is 14.2. The molecule has 4 rings (SSSR count). The number of nitrogens with zero attached hydrogens (tertiary/aromatic N) is 2. The van der Waals surface area contributed by atoms with Gasteiger partial charge < -0.3 is 9.47 Å². The molecule has 1 aliphatic rings. The number of esters is 1. The molecule has 0 amide bonds. The number of benzene rings is 2. The van der Waals surface area contributed by atoms with Crippen LogP contribution in [0.15, 0.2) is 79.1 Å². The molecular formula is C26H18Br2ClF3N2O4S. The molecule has 1 aliphatic heterocycles. The van der Waals surface area contributed by atoms with E-state index in [1.54, 1.807) is 18.2 Å². The third kappa shape index (κ3) is 6.08. The molecule has 39 heavy (non-hydrogen) atoms. The monoisotopic (exact) mass is 704 g/mol. The number of rotatable bonds is 7. The lowest BCUT2D eigenvalue weighted by atomic mass is 9.95. The van der Waals surface area contributed by atoms with Gasteiger partial charge in [-0.2, -0.15) is 13.2 Å². The van der Waals surface area contributed by atoms with Gasteiger partial charge in [0.1, 0.15) is 12.4 Å². The van der Waals surface area contributed by atoms with Crippen molar-refractivity contribution in [3.05, 3.63) is 105 Å². The number of halogens is 6. The van der Waals surface area contributed by atoms with Crippen LogP contribution < -0.4 is 19.6 Å². The molecule has 0 radical (unpaired) electrons. The molecule has 0 bridgehead atoms. The van der Waals surface area contributed by atoms with Crippen molar-refractivity contribution in [1.29, 1.82) is 0 Å². The summed E-state index contributed by atoms with van der Waals surface area (Å²) in [7, 11) is 0. The molecule has 0 N–H and O–H groups in total. The molecule has 0 saturated carbocycles. The number of fused-ring (bicyclic) bond motifs is 1. The van der Waals surface area contributed by atoms with Crippen molar-refractivity contribution in [3.8, 4) is 5.75 Å². The van der Waals surface area contributed by atoms with Crippen LogP contribution in [-0.2, 0) is 9.53 Å². The van der Waals surface area contributed by atoms with Gasteiger partial charge in [0.15, 0.2) is 10.5 Å². The Bertz CT molecular complexity index is 1640. The maximum atomic E-state index is 14.2. The Morgan fingerprint density at radius 3 is 2.44 bits per heavy atom. The molecule has 0 aliphatic carbocycles. The Labute approximate surface area is 246 Å². The van der Waals surface area contributed by atoms with Crippen molar-refractivity contribution in [2.75, 3.05) is 13.2 Å². The van der Waals surface area contributed by atoms with Crippen LogP contribution in [-0.4, -0.2) is 29.9 Å². The SMILES string of the molecule is C=CCOc1c(Br)cc(/C=c2\sc3n(c2=O)[C@H](c2ccc(Cl)cc2)C(C(=O)OCC)=C(C(F)(F)F)N=3)cc1Br. The summed E-state index contributed by atoms with van der Waals surface area (Å²) < 4.78 is 55.6. The van der Waals surface area contributed by atoms with Crippen molar-refractivity contribution < 1.29 is 27.4 Å². The van der Waals surface area contributed by atoms with Crippen LogP contribution >= 0.6 is 54.8 Å². The minimum atomic E-state index is -4.99. The minimum Gasteiger partial charge on any atom is -0.487 e. The van der Waals surface area contributed by atoms with E-state index in [9.17, 15) is 22.8 Å². The normalized spacial score (nSPS) is 15.6. The van der Waals surface area contributed by atoms with Crippen LogP contribution in [0.25, 0.3) is 6.08 Å². The van der Waals surface area contributed by atoms with Gasteiger partial charge in [-0.25, -0.2) is 9.79 Å². The molecule has 0 fully saturated rings. The molecular weight excluding hydrogens is 689 g/mol. The van der Waals surface area contributed by atoms with Gasteiger partial charge in [-0.1, -0.05) is 47.7 Å². The lowest BCUT2D eigenvalue weighted by Crippen LogP contribution is -2.41. The van der Waals surface area contributed by atoms with Crippen molar-refractivity contribution in [1.82, 2.24) is 4.57 Å². The Hall–Kier alpha value is -2.67. The highest BCUT2D eigenvalue weighted by molar-refractivity contribution is 9.11. The summed E-state index contributed by atoms with van der Waals surface area (Å²) in [5.74, 6) is -0.698. The van der Waals surface area contributed by atoms with Gasteiger partial charge in [-0.05, 0) is 80.3 Å². The lowest BCUT2D eigenvalue weighted by molar-refractivity contribution is -0.140. The van der Waals surface area contributed by atoms with Gasteiger partial charge in [0.05, 0.1) is 31.7 Å². The van der Waals surface area contributed by atoms with Crippen molar-refractivity contribution >= 4 is 66.8 Å². The van der Waals surface area contributed by atoms with E-state index >= 15 is 0 Å². The van der Waals surface area contributed by atoms with E-state index in [0.717, 1.165) is 15.9 Å². The predicted molar refractivity (Wildman–Crippen MR) is 150 cm³/mol. The van der Waals surface area contributed by atoms with E-state index in [0.29, 0.717) is 25.3 Å². The largest absolute Gasteiger partial charge is 0.487 e. The van der Waals surface area contributed by atoms with Crippen LogP contribution in [0.4, 0.5) is 13.2 Å². The molecule has 1 aromatic heterocycles. The summed E-state index contributed by atoms with van der Waals surface area (Å²) in [6, 6.07) is 7.80. The van der Waals surface area contributed by atoms with E-state index in [1.165, 1.54) is 37.3 Å². The van der Waals surface area contributed by atoms with Gasteiger partial charge in [0.25, 0.3) is 5.56 Å². The molecule has 1 atom stereocenters. The van der Waals surface area contributed by atoms with E-state index in [-0.39, 0.29) is 28.1 Å². The van der Waals surface area contributed by atoms with Crippen LogP contribution in [0.3, 0.4) is 0 Å². The average molecular weight is 707 g/mol. The summed E-state index contributed by atoms with van der Waals surface area (Å²) >= 11 is 13.6. The molecule has 6 nitrogen and oxygen atoms in total. The highest BCUT2D eigenvalue weighted by atomic mass is 79.9. The topological polar surface area (TPSA) is 69.9 Å². The van der Waals surface area contributed by atoms with Crippen molar-refractivity contribution in [2.24, 2.45) is 4.99 Å². The first kappa shape index (κ1) is 29.3. The Kier molecular flexibility index (Phi) is 8.89. The molecule has 204 valence electrons. The van der Waals surface area contributed by atoms with Gasteiger partial charge in [0.2, 0.25) is 0 Å². The first-order valence-electron chi connectivity index (χ1n) is 11.2. The smallest absolute Gasteiger partial charge is 0.434 e. The Morgan fingerprint density at radius 1 is 1.23 bits per heavy atom. The molecule has 3 aromatic rings. The summed E-state index contributed by atoms with van der Waals surface area (Å²) in [6.45, 7) is 5.19. The van der Waals surface area contributed by atoms with Crippen molar-refractivity contribution in [3.63, 3.8) is 0 Å². The number of thiazole rings is 1. The van der Waals surface area contributed by atoms with Crippen LogP contribution in [0, 0.1) is 0 Å². The summed E-state index contributed by atoms with van der Waals surface area (Å²) in [4.78, 5) is 30.1. The van der Waals surface area contributed by atoms with Crippen LogP contribution in [0.1, 0.15) is 24.1 Å². The molecule has 0 saturated heterocycles. The Balaban J connectivity index is 1.98. The maximum Gasteiger partial charge on any atom is 0.434 e. The first-order chi connectivity index (χ1) is 18.5. The highest BCUT2D eigenvalue weighted by Crippen LogP contribution is 2.39. The molecule has 2 aromatic carbocycles. The van der Waals surface area contributed by atoms with E-state index in [2.05, 4.69) is 43.4 Å². The second kappa shape index (κ2) is 11.8. The van der Waals surface area contributed by atoms with Gasteiger partial charge in [0, 0.05) is 5.02 Å². The van der Waals surface area contributed by atoms with Crippen LogP contribution in [0.5, 0.6) is 5.75 Å². The number of hydrogen-bond acceptors (Lipinski definition) is 6. The highest BCUT2D eigenvalue weighted by Gasteiger charge is 2.45. The number of hydrogen-bond donors (Lipinski definition) is 0. The summed E-state index contributed by atoms with van der Waals surface area (Å²) in [5, 5.41) is 0.334. The fraction of sp³-hybridized carbons (Fsp3) is 0.192. The van der Waals surface area contributed by atoms with Crippen molar-refractivity contribution in [2.45, 2.75) is 19.1 Å². The third-order valence-corrected chi connectivity index (χ3v) is 7.86. The quantitative estimate of drug-likeness (QED) is 0.221. The average Bonchev–Trinajstić information content (AvgIpc) is 3.17. The Morgan fingerprint density at radius 2 is 1.87 bits per heavy atom. The second-order valence-corrected chi connectivity index (χ2v) is 11.2. The molecule has 2 heterocycles. The van der Waals surface area contributed by atoms with Gasteiger partial charge >= 0.3 is 12.1 Å². The van der Waals surface area contributed by atoms with E-state index < -0.39 is 35.0 Å². The number of allylic oxidation sites excluding steroid dienone is 1. The molecule has 0 spiro atoms. The summed E-state index contributed by atoms with van der Waals surface area (Å²) in [5.41, 5.74) is -2.02. The molecule has 0 unspecified atom stereocenters. The minimum absolute atomic E-state index is 0.109. The zero-order valence-electron chi connectivity index (χ0n) is 20.0. The second-order valence-electron chi connectivity index (χ2n) is 8.03. The van der Waals surface area contributed by atoms with Gasteiger partial charge in [-0.15, -0.1) is 0 Å². The predicted octanol–water partition coefficient (Wildman–Crippen LogP) is 6.08. The lowest BCUT2D eigenvalue weighted by Gasteiger charge is -2.26.